The van der Waals surface area contributed by atoms with E-state index in [2.05, 4.69) is 6.08 Å². The monoisotopic (exact) mass is 184 g/mol. The third-order valence-corrected chi connectivity index (χ3v) is 2.27. The van der Waals surface area contributed by atoms with Gasteiger partial charge in [0.1, 0.15) is 0 Å². The van der Waals surface area contributed by atoms with E-state index in [0.29, 0.717) is 0 Å². The smallest absolute Gasteiger partial charge is 0.0978 e. The molecule has 0 bridgehead atoms. The molecule has 0 heterocycles. The molecule has 0 aliphatic heterocycles. The van der Waals surface area contributed by atoms with Crippen molar-refractivity contribution < 1.29 is 9.84 Å². The molecule has 13 heavy (non-hydrogen) atoms. The van der Waals surface area contributed by atoms with Gasteiger partial charge in [-0.3, -0.25) is 0 Å². The van der Waals surface area contributed by atoms with Crippen LogP contribution >= 0.6 is 0 Å². The Morgan fingerprint density at radius 2 is 2.23 bits per heavy atom. The van der Waals surface area contributed by atoms with Crippen molar-refractivity contribution in [3.8, 4) is 0 Å². The van der Waals surface area contributed by atoms with Crippen LogP contribution in [0, 0.1) is 0 Å². The van der Waals surface area contributed by atoms with Crippen LogP contribution in [0.4, 0.5) is 0 Å². The molecule has 2 atom stereocenters. The Morgan fingerprint density at radius 3 is 2.77 bits per heavy atom. The van der Waals surface area contributed by atoms with Gasteiger partial charge in [0.05, 0.1) is 18.0 Å². The minimum absolute atomic E-state index is 0.143. The fourth-order valence-electron chi connectivity index (χ4n) is 1.70. The highest BCUT2D eigenvalue weighted by Gasteiger charge is 2.10. The van der Waals surface area contributed by atoms with Gasteiger partial charge in [0.2, 0.25) is 0 Å². The maximum atomic E-state index is 9.15. The summed E-state index contributed by atoms with van der Waals surface area (Å²) in [5, 5.41) is 9.15. The van der Waals surface area contributed by atoms with Crippen molar-refractivity contribution >= 4 is 0 Å². The van der Waals surface area contributed by atoms with Crippen molar-refractivity contribution in [2.24, 2.45) is 0 Å². The average Bonchev–Trinajstić information content (AvgIpc) is 2.04. The highest BCUT2D eigenvalue weighted by atomic mass is 16.5. The summed E-state index contributed by atoms with van der Waals surface area (Å²) >= 11 is 0. The van der Waals surface area contributed by atoms with E-state index >= 15 is 0 Å². The van der Waals surface area contributed by atoms with E-state index in [1.165, 1.54) is 12.8 Å². The molecule has 1 N–H and O–H groups in total. The first-order valence-electron chi connectivity index (χ1n) is 5.22. The summed E-state index contributed by atoms with van der Waals surface area (Å²) in [7, 11) is 0. The lowest BCUT2D eigenvalue weighted by Crippen LogP contribution is -2.15. The van der Waals surface area contributed by atoms with Crippen LogP contribution in [0.2, 0.25) is 0 Å². The van der Waals surface area contributed by atoms with Crippen LogP contribution in [0.3, 0.4) is 0 Å². The van der Waals surface area contributed by atoms with Gasteiger partial charge in [-0.2, -0.15) is 0 Å². The molecule has 76 valence electrons. The topological polar surface area (TPSA) is 29.5 Å². The Balaban J connectivity index is 2.26. The first-order valence-corrected chi connectivity index (χ1v) is 5.22. The third kappa shape index (κ3) is 4.32. The first-order chi connectivity index (χ1) is 6.18. The van der Waals surface area contributed by atoms with Gasteiger partial charge in [0.15, 0.2) is 0 Å². The molecule has 1 aliphatic rings. The number of rotatable bonds is 4. The molecule has 1 aliphatic carbocycles. The summed E-state index contributed by atoms with van der Waals surface area (Å²) in [6.07, 6.45) is 7.54. The lowest BCUT2D eigenvalue weighted by atomic mass is 10.1. The molecule has 0 amide bonds. The molecular formula is C11H20O2. The van der Waals surface area contributed by atoms with E-state index in [9.17, 15) is 0 Å². The SMILES string of the molecule is C[C@H](O)C[C@@H](C)OC1=CCCCC1. The summed E-state index contributed by atoms with van der Waals surface area (Å²) in [6, 6.07) is 0. The predicted octanol–water partition coefficient (Wildman–Crippen LogP) is 2.62. The van der Waals surface area contributed by atoms with Crippen LogP contribution in [0.5, 0.6) is 0 Å². The van der Waals surface area contributed by atoms with Gasteiger partial charge >= 0.3 is 0 Å². The van der Waals surface area contributed by atoms with Gasteiger partial charge < -0.3 is 9.84 Å². The van der Waals surface area contributed by atoms with Crippen LogP contribution < -0.4 is 0 Å². The van der Waals surface area contributed by atoms with E-state index in [-0.39, 0.29) is 12.2 Å². The highest BCUT2D eigenvalue weighted by molar-refractivity contribution is 4.97. The number of aliphatic hydroxyl groups excluding tert-OH is 1. The van der Waals surface area contributed by atoms with Crippen LogP contribution in [0.25, 0.3) is 0 Å². The second kappa shape index (κ2) is 5.28. The molecule has 2 nitrogen and oxygen atoms in total. The molecule has 0 spiro atoms. The Labute approximate surface area is 80.6 Å². The van der Waals surface area contributed by atoms with E-state index in [0.717, 1.165) is 25.0 Å². The summed E-state index contributed by atoms with van der Waals surface area (Å²) in [6.45, 7) is 3.82. The Morgan fingerprint density at radius 1 is 1.46 bits per heavy atom. The van der Waals surface area contributed by atoms with Crippen LogP contribution in [0.1, 0.15) is 46.0 Å². The minimum atomic E-state index is -0.265. The lowest BCUT2D eigenvalue weighted by molar-refractivity contribution is 0.0659. The zero-order valence-corrected chi connectivity index (χ0v) is 8.62. The van der Waals surface area contributed by atoms with E-state index in [1.54, 1.807) is 6.92 Å². The molecule has 0 aromatic heterocycles. The van der Waals surface area contributed by atoms with Crippen molar-refractivity contribution in [2.45, 2.75) is 58.2 Å². The van der Waals surface area contributed by atoms with Crippen molar-refractivity contribution in [1.29, 1.82) is 0 Å². The molecule has 2 heteroatoms. The second-order valence-electron chi connectivity index (χ2n) is 3.93. The van der Waals surface area contributed by atoms with E-state index in [1.807, 2.05) is 6.92 Å². The van der Waals surface area contributed by atoms with Gasteiger partial charge in [-0.1, -0.05) is 0 Å². The van der Waals surface area contributed by atoms with E-state index < -0.39 is 0 Å². The Kier molecular flexibility index (Phi) is 4.29. The van der Waals surface area contributed by atoms with Crippen LogP contribution in [-0.4, -0.2) is 17.3 Å². The maximum Gasteiger partial charge on any atom is 0.0978 e. The molecule has 0 fully saturated rings. The van der Waals surface area contributed by atoms with Gasteiger partial charge in [-0.15, -0.1) is 0 Å². The number of hydrogen-bond acceptors (Lipinski definition) is 2. The van der Waals surface area contributed by atoms with Crippen LogP contribution in [0.15, 0.2) is 11.8 Å². The number of aliphatic hydroxyl groups is 1. The second-order valence-corrected chi connectivity index (χ2v) is 3.93. The molecule has 0 saturated carbocycles. The van der Waals surface area contributed by atoms with Gasteiger partial charge in [0.25, 0.3) is 0 Å². The predicted molar refractivity (Wildman–Crippen MR) is 53.4 cm³/mol. The van der Waals surface area contributed by atoms with Gasteiger partial charge in [-0.05, 0) is 39.2 Å². The molecule has 0 radical (unpaired) electrons. The average molecular weight is 184 g/mol. The third-order valence-electron chi connectivity index (χ3n) is 2.27. The molecular weight excluding hydrogens is 164 g/mol. The molecule has 0 unspecified atom stereocenters. The minimum Gasteiger partial charge on any atom is -0.495 e. The van der Waals surface area contributed by atoms with Crippen molar-refractivity contribution in [1.82, 2.24) is 0 Å². The van der Waals surface area contributed by atoms with Crippen molar-refractivity contribution in [3.63, 3.8) is 0 Å². The molecule has 0 aromatic rings. The number of ether oxygens (including phenoxy) is 1. The zero-order valence-electron chi connectivity index (χ0n) is 8.62. The highest BCUT2D eigenvalue weighted by Crippen LogP contribution is 2.20. The molecule has 0 aromatic carbocycles. The number of allylic oxidation sites excluding steroid dienone is 2. The number of hydrogen-bond donors (Lipinski definition) is 1. The maximum absolute atomic E-state index is 9.15. The van der Waals surface area contributed by atoms with Gasteiger partial charge in [-0.25, -0.2) is 0 Å². The van der Waals surface area contributed by atoms with Crippen molar-refractivity contribution in [2.75, 3.05) is 0 Å². The quantitative estimate of drug-likeness (QED) is 0.727. The first kappa shape index (κ1) is 10.6. The molecule has 0 saturated heterocycles. The van der Waals surface area contributed by atoms with Gasteiger partial charge in [0, 0.05) is 12.8 Å². The summed E-state index contributed by atoms with van der Waals surface area (Å²) in [5.74, 6) is 1.12. The zero-order chi connectivity index (χ0) is 9.68. The van der Waals surface area contributed by atoms with E-state index in [4.69, 9.17) is 9.84 Å². The van der Waals surface area contributed by atoms with Crippen LogP contribution in [-0.2, 0) is 4.74 Å². The fraction of sp³-hybridized carbons (Fsp3) is 0.818. The van der Waals surface area contributed by atoms with Crippen molar-refractivity contribution in [3.05, 3.63) is 11.8 Å². The largest absolute Gasteiger partial charge is 0.495 e. The standard InChI is InChI=1S/C11H20O2/c1-9(12)8-10(2)13-11-6-4-3-5-7-11/h6,9-10,12H,3-5,7-8H2,1-2H3/t9-,10+/m0/s1. The lowest BCUT2D eigenvalue weighted by Gasteiger charge is -2.20. The summed E-state index contributed by atoms with van der Waals surface area (Å²) in [5.41, 5.74) is 0. The Hall–Kier alpha value is -0.500. The Bertz CT molecular complexity index is 173. The summed E-state index contributed by atoms with van der Waals surface area (Å²) in [4.78, 5) is 0. The normalized spacial score (nSPS) is 21.9. The molecule has 1 rings (SSSR count). The fourth-order valence-corrected chi connectivity index (χ4v) is 1.70. The summed E-state index contributed by atoms with van der Waals surface area (Å²) < 4.78 is 5.70.